The zero-order valence-electron chi connectivity index (χ0n) is 21.9. The smallest absolute Gasteiger partial charge is 0.338 e. The number of rotatable bonds is 5. The Morgan fingerprint density at radius 1 is 1.08 bits per heavy atom. The number of urea groups is 1. The molecule has 0 aromatic carbocycles. The molecule has 1 aromatic heterocycles. The number of carbonyl (C=O) groups excluding carboxylic acids is 2. The minimum Gasteiger partial charge on any atom is -0.338 e. The number of carbonyl (C=O) groups is 2. The number of piperidine rings is 1. The van der Waals surface area contributed by atoms with Crippen molar-refractivity contribution in [1.82, 2.24) is 24.3 Å². The lowest BCUT2D eigenvalue weighted by Gasteiger charge is -2.37. The van der Waals surface area contributed by atoms with E-state index >= 15 is 0 Å². The molecule has 0 radical (unpaired) electrons. The van der Waals surface area contributed by atoms with E-state index < -0.39 is 11.2 Å². The largest absolute Gasteiger partial charge is 0.353 e. The molecule has 37 heavy (non-hydrogen) atoms. The molecule has 1 unspecified atom stereocenters. The molecular formula is C25H41ClN8O3. The number of nitrogens with zero attached hydrogens (tertiary/aromatic N) is 5. The van der Waals surface area contributed by atoms with Crippen molar-refractivity contribution in [2.45, 2.75) is 57.5 Å². The van der Waals surface area contributed by atoms with Crippen LogP contribution in [0.4, 0.5) is 10.6 Å². The Morgan fingerprint density at radius 2 is 1.73 bits per heavy atom. The fourth-order valence-corrected chi connectivity index (χ4v) is 5.16. The quantitative estimate of drug-likeness (QED) is 0.512. The highest BCUT2D eigenvalue weighted by atomic mass is 35.5. The molecule has 1 aromatic rings. The summed E-state index contributed by atoms with van der Waals surface area (Å²) in [5.41, 5.74) is 11.5. The Kier molecular flexibility index (Phi) is 9.74. The van der Waals surface area contributed by atoms with E-state index in [1.807, 2.05) is 0 Å². The Hall–Kier alpha value is -2.47. The first-order valence-electron chi connectivity index (χ1n) is 13.0. The molecule has 2 aliphatic heterocycles. The van der Waals surface area contributed by atoms with Crippen molar-refractivity contribution in [3.63, 3.8) is 0 Å². The zero-order valence-corrected chi connectivity index (χ0v) is 22.7. The Balaban J connectivity index is 0.00000380. The van der Waals surface area contributed by atoms with Crippen LogP contribution in [0.3, 0.4) is 0 Å². The highest BCUT2D eigenvalue weighted by Gasteiger charge is 2.31. The predicted molar refractivity (Wildman–Crippen MR) is 146 cm³/mol. The van der Waals surface area contributed by atoms with Crippen LogP contribution in [-0.2, 0) is 4.79 Å². The number of aromatic nitrogens is 2. The molecule has 3 heterocycles. The lowest BCUT2D eigenvalue weighted by Crippen LogP contribution is -2.58. The van der Waals surface area contributed by atoms with Gasteiger partial charge in [-0.2, -0.15) is 4.98 Å². The van der Waals surface area contributed by atoms with Gasteiger partial charge in [0.2, 0.25) is 5.91 Å². The van der Waals surface area contributed by atoms with Crippen molar-refractivity contribution in [3.05, 3.63) is 28.8 Å². The number of anilines is 1. The summed E-state index contributed by atoms with van der Waals surface area (Å²) in [5, 5.41) is 2.71. The zero-order chi connectivity index (χ0) is 25.9. The first kappa shape index (κ1) is 29.1. The van der Waals surface area contributed by atoms with E-state index in [0.29, 0.717) is 38.1 Å². The van der Waals surface area contributed by atoms with E-state index in [4.69, 9.17) is 11.5 Å². The highest BCUT2D eigenvalue weighted by molar-refractivity contribution is 5.89. The first-order valence-corrected chi connectivity index (χ1v) is 13.0. The maximum Gasteiger partial charge on any atom is 0.353 e. The van der Waals surface area contributed by atoms with E-state index in [0.717, 1.165) is 57.4 Å². The third kappa shape index (κ3) is 7.53. The van der Waals surface area contributed by atoms with Gasteiger partial charge in [0.15, 0.2) is 0 Å². The van der Waals surface area contributed by atoms with Crippen LogP contribution in [0.1, 0.15) is 46.0 Å². The number of halogens is 1. The van der Waals surface area contributed by atoms with E-state index in [1.165, 1.54) is 0 Å². The van der Waals surface area contributed by atoms with E-state index in [2.05, 4.69) is 21.3 Å². The lowest BCUT2D eigenvalue weighted by molar-refractivity contribution is -0.137. The number of allylic oxidation sites excluding steroid dienone is 2. The molecule has 5 N–H and O–H groups in total. The lowest BCUT2D eigenvalue weighted by atomic mass is 9.91. The number of piperazine rings is 1. The first-order chi connectivity index (χ1) is 17.1. The number of nitrogens with one attached hydrogen (secondary N) is 1. The molecule has 11 nitrogen and oxygen atoms in total. The fourth-order valence-electron chi connectivity index (χ4n) is 5.16. The minimum atomic E-state index is -0.936. The maximum absolute atomic E-state index is 12.7. The number of nitrogens with two attached hydrogens (primary N) is 2. The predicted octanol–water partition coefficient (Wildman–Crippen LogP) is 1.14. The van der Waals surface area contributed by atoms with Crippen molar-refractivity contribution in [2.24, 2.45) is 17.4 Å². The van der Waals surface area contributed by atoms with Crippen LogP contribution in [0, 0.1) is 5.92 Å². The Labute approximate surface area is 224 Å². The van der Waals surface area contributed by atoms with Crippen molar-refractivity contribution < 1.29 is 9.59 Å². The molecule has 1 atom stereocenters. The van der Waals surface area contributed by atoms with Crippen molar-refractivity contribution in [3.8, 4) is 0 Å². The summed E-state index contributed by atoms with van der Waals surface area (Å²) in [6.07, 6.45) is 8.78. The van der Waals surface area contributed by atoms with Gasteiger partial charge in [0.25, 0.3) is 0 Å². The number of hydrogen-bond donors (Lipinski definition) is 3. The number of likely N-dealkylation sites (tertiary alicyclic amines) is 1. The summed E-state index contributed by atoms with van der Waals surface area (Å²) in [4.78, 5) is 47.6. The molecule has 1 aliphatic carbocycles. The highest BCUT2D eigenvalue weighted by Crippen LogP contribution is 2.27. The standard InChI is InChI=1S/C25H40N8O3.ClH/c1-25(2,27)22(34)31-13-15-32(16-14-31)23(35)28-21-9-12-33(24(36)29-21)20-5-3-18(4-6-20)17-30-10-7-19(26)8-11-30;/h5,9,12,18-19H,3-4,6-8,10-11,13-17,26-27H2,1-2H3,(H,28,29,35,36);1H. The van der Waals surface area contributed by atoms with Crippen LogP contribution in [0.15, 0.2) is 23.1 Å². The average molecular weight is 537 g/mol. The summed E-state index contributed by atoms with van der Waals surface area (Å²) in [6, 6.07) is 1.66. The van der Waals surface area contributed by atoms with Crippen LogP contribution in [0.25, 0.3) is 5.70 Å². The molecule has 2 fully saturated rings. The van der Waals surface area contributed by atoms with Gasteiger partial charge < -0.3 is 26.2 Å². The Bertz CT molecular complexity index is 1040. The molecule has 3 amide bonds. The molecule has 0 saturated carbocycles. The van der Waals surface area contributed by atoms with Crippen LogP contribution >= 0.6 is 12.4 Å². The van der Waals surface area contributed by atoms with E-state index in [1.54, 1.807) is 40.5 Å². The molecule has 2 saturated heterocycles. The van der Waals surface area contributed by atoms with E-state index in [-0.39, 0.29) is 30.2 Å². The second-order valence-corrected chi connectivity index (χ2v) is 10.9. The third-order valence-corrected chi connectivity index (χ3v) is 7.40. The van der Waals surface area contributed by atoms with Gasteiger partial charge in [-0.1, -0.05) is 6.08 Å². The fraction of sp³-hybridized carbons (Fsp3) is 0.680. The molecular weight excluding hydrogens is 496 g/mol. The average Bonchev–Trinajstić information content (AvgIpc) is 2.85. The van der Waals surface area contributed by atoms with Gasteiger partial charge in [0.1, 0.15) is 5.82 Å². The number of hydrogen-bond acceptors (Lipinski definition) is 7. The van der Waals surface area contributed by atoms with Crippen LogP contribution in [0.2, 0.25) is 0 Å². The van der Waals surface area contributed by atoms with Gasteiger partial charge in [0, 0.05) is 50.7 Å². The SMILES string of the molecule is CC(C)(N)C(=O)N1CCN(C(=O)Nc2ccn(C3=CCC(CN4CCC(N)CC4)CC3)c(=O)n2)CC1.Cl. The van der Waals surface area contributed by atoms with Crippen LogP contribution in [-0.4, -0.2) is 93.6 Å². The van der Waals surface area contributed by atoms with Crippen LogP contribution in [0.5, 0.6) is 0 Å². The third-order valence-electron chi connectivity index (χ3n) is 7.40. The van der Waals surface area contributed by atoms with Crippen molar-refractivity contribution >= 4 is 35.9 Å². The number of amides is 3. The summed E-state index contributed by atoms with van der Waals surface area (Å²) in [5.74, 6) is 0.685. The molecule has 4 rings (SSSR count). The Morgan fingerprint density at radius 3 is 2.30 bits per heavy atom. The second-order valence-electron chi connectivity index (χ2n) is 10.9. The second kappa shape index (κ2) is 12.4. The normalized spacial score (nSPS) is 21.7. The summed E-state index contributed by atoms with van der Waals surface area (Å²) in [7, 11) is 0. The molecule has 206 valence electrons. The van der Waals surface area contributed by atoms with Gasteiger partial charge in [-0.25, -0.2) is 9.59 Å². The van der Waals surface area contributed by atoms with Crippen molar-refractivity contribution in [2.75, 3.05) is 51.1 Å². The van der Waals surface area contributed by atoms with Gasteiger partial charge in [0.05, 0.1) is 5.54 Å². The minimum absolute atomic E-state index is 0. The van der Waals surface area contributed by atoms with Gasteiger partial charge in [-0.15, -0.1) is 12.4 Å². The summed E-state index contributed by atoms with van der Waals surface area (Å²) in [6.45, 7) is 8.21. The van der Waals surface area contributed by atoms with Crippen LogP contribution < -0.4 is 22.5 Å². The molecule has 0 spiro atoms. The van der Waals surface area contributed by atoms with Crippen molar-refractivity contribution in [1.29, 1.82) is 0 Å². The monoisotopic (exact) mass is 536 g/mol. The summed E-state index contributed by atoms with van der Waals surface area (Å²) < 4.78 is 1.57. The summed E-state index contributed by atoms with van der Waals surface area (Å²) >= 11 is 0. The topological polar surface area (TPSA) is 143 Å². The molecule has 12 heteroatoms. The molecule has 0 bridgehead atoms. The maximum atomic E-state index is 12.7. The van der Waals surface area contributed by atoms with Gasteiger partial charge in [-0.3, -0.25) is 14.7 Å². The van der Waals surface area contributed by atoms with E-state index in [9.17, 15) is 14.4 Å². The van der Waals surface area contributed by atoms with Gasteiger partial charge >= 0.3 is 11.7 Å². The van der Waals surface area contributed by atoms with Gasteiger partial charge in [-0.05, 0) is 71.0 Å². The molecule has 3 aliphatic rings.